The highest BCUT2D eigenvalue weighted by molar-refractivity contribution is 8.13. The first-order valence-electron chi connectivity index (χ1n) is 8.23. The minimum Gasteiger partial charge on any atom is -0.490 e. The average molecular weight is 387 g/mol. The summed E-state index contributed by atoms with van der Waals surface area (Å²) in [5.74, 6) is 0.358. The molecule has 0 amide bonds. The van der Waals surface area contributed by atoms with Crippen LogP contribution in [-0.4, -0.2) is 35.7 Å². The predicted molar refractivity (Wildman–Crippen MR) is 108 cm³/mol. The van der Waals surface area contributed by atoms with Crippen molar-refractivity contribution in [3.63, 3.8) is 0 Å². The van der Waals surface area contributed by atoms with Gasteiger partial charge in [0.2, 0.25) is 0 Å². The lowest BCUT2D eigenvalue weighted by Gasteiger charge is -2.12. The molecule has 7 nitrogen and oxygen atoms in total. The van der Waals surface area contributed by atoms with E-state index in [1.165, 1.54) is 18.0 Å². The standard InChI is InChI=1S/C19H21N3O4S/c1-2-25-16-10-6-9-15(18(16)26-12-17(23)24)11-21-22-19(20)27-13-14-7-4-3-5-8-14/h3-11H,2,12-13H2,1H3,(H2,20,22)(H,23,24). The van der Waals surface area contributed by atoms with Crippen LogP contribution in [0.4, 0.5) is 0 Å². The molecule has 0 aromatic heterocycles. The van der Waals surface area contributed by atoms with Crippen LogP contribution in [0, 0.1) is 0 Å². The highest BCUT2D eigenvalue weighted by atomic mass is 32.2. The third-order valence-corrected chi connectivity index (χ3v) is 4.09. The molecule has 0 aliphatic rings. The number of thioether (sulfide) groups is 1. The molecule has 3 N–H and O–H groups in total. The third kappa shape index (κ3) is 7.02. The lowest BCUT2D eigenvalue weighted by atomic mass is 10.2. The molecule has 0 heterocycles. The fourth-order valence-corrected chi connectivity index (χ4v) is 2.71. The highest BCUT2D eigenvalue weighted by Gasteiger charge is 2.11. The van der Waals surface area contributed by atoms with Gasteiger partial charge >= 0.3 is 5.97 Å². The largest absolute Gasteiger partial charge is 0.490 e. The van der Waals surface area contributed by atoms with Gasteiger partial charge in [-0.2, -0.15) is 5.10 Å². The Hall–Kier alpha value is -3.00. The number of hydrogen-bond donors (Lipinski definition) is 2. The van der Waals surface area contributed by atoms with Crippen LogP contribution in [0.5, 0.6) is 11.5 Å². The van der Waals surface area contributed by atoms with Crippen LogP contribution >= 0.6 is 11.8 Å². The Morgan fingerprint density at radius 2 is 1.96 bits per heavy atom. The van der Waals surface area contributed by atoms with Crippen molar-refractivity contribution in [2.75, 3.05) is 13.2 Å². The van der Waals surface area contributed by atoms with E-state index < -0.39 is 12.6 Å². The fourth-order valence-electron chi connectivity index (χ4n) is 2.10. The van der Waals surface area contributed by atoms with E-state index in [9.17, 15) is 4.79 Å². The van der Waals surface area contributed by atoms with Gasteiger partial charge in [-0.25, -0.2) is 4.79 Å². The maximum atomic E-state index is 10.8. The highest BCUT2D eigenvalue weighted by Crippen LogP contribution is 2.30. The summed E-state index contributed by atoms with van der Waals surface area (Å²) in [6, 6.07) is 15.1. The number of carbonyl (C=O) groups is 1. The van der Waals surface area contributed by atoms with Crippen LogP contribution in [0.2, 0.25) is 0 Å². The van der Waals surface area contributed by atoms with Gasteiger partial charge in [0.15, 0.2) is 23.3 Å². The monoisotopic (exact) mass is 387 g/mol. The molecular weight excluding hydrogens is 366 g/mol. The number of amidine groups is 1. The number of rotatable bonds is 9. The number of carboxylic acids is 1. The average Bonchev–Trinajstić information content (AvgIpc) is 2.66. The maximum absolute atomic E-state index is 10.8. The second kappa shape index (κ2) is 10.9. The lowest BCUT2D eigenvalue weighted by molar-refractivity contribution is -0.139. The SMILES string of the molecule is CCOc1cccc(C=NN=C(N)SCc2ccccc2)c1OCC(=O)O. The van der Waals surface area contributed by atoms with Crippen molar-refractivity contribution in [1.82, 2.24) is 0 Å². The Labute approximate surface area is 161 Å². The zero-order chi connectivity index (χ0) is 19.5. The summed E-state index contributed by atoms with van der Waals surface area (Å²) in [5.41, 5.74) is 7.55. The molecule has 0 unspecified atom stereocenters. The van der Waals surface area contributed by atoms with Gasteiger partial charge in [0.25, 0.3) is 0 Å². The summed E-state index contributed by atoms with van der Waals surface area (Å²) in [6.45, 7) is 1.77. The summed E-state index contributed by atoms with van der Waals surface area (Å²) < 4.78 is 10.8. The lowest BCUT2D eigenvalue weighted by Crippen LogP contribution is -2.11. The summed E-state index contributed by atoms with van der Waals surface area (Å²) >= 11 is 1.37. The van der Waals surface area contributed by atoms with Crippen molar-refractivity contribution in [2.24, 2.45) is 15.9 Å². The van der Waals surface area contributed by atoms with Crippen LogP contribution in [0.3, 0.4) is 0 Å². The van der Waals surface area contributed by atoms with Crippen molar-refractivity contribution in [3.8, 4) is 11.5 Å². The van der Waals surface area contributed by atoms with E-state index in [0.717, 1.165) is 5.56 Å². The first-order chi connectivity index (χ1) is 13.1. The summed E-state index contributed by atoms with van der Waals surface area (Å²) in [7, 11) is 0. The molecule has 2 rings (SSSR count). The molecule has 0 aliphatic heterocycles. The zero-order valence-corrected chi connectivity index (χ0v) is 15.7. The summed E-state index contributed by atoms with van der Waals surface area (Å²) in [6.07, 6.45) is 1.45. The zero-order valence-electron chi connectivity index (χ0n) is 14.9. The Morgan fingerprint density at radius 3 is 2.67 bits per heavy atom. The molecule has 0 radical (unpaired) electrons. The Bertz CT molecular complexity index is 810. The van der Waals surface area contributed by atoms with Crippen molar-refractivity contribution >= 4 is 29.1 Å². The molecule has 0 spiro atoms. The first kappa shape index (κ1) is 20.3. The normalized spacial score (nSPS) is 11.5. The van der Waals surface area contributed by atoms with Crippen molar-refractivity contribution in [1.29, 1.82) is 0 Å². The Morgan fingerprint density at radius 1 is 1.19 bits per heavy atom. The smallest absolute Gasteiger partial charge is 0.341 e. The van der Waals surface area contributed by atoms with Gasteiger partial charge in [-0.15, -0.1) is 5.10 Å². The molecule has 0 saturated carbocycles. The van der Waals surface area contributed by atoms with Gasteiger partial charge in [0.05, 0.1) is 12.8 Å². The molecule has 0 aliphatic carbocycles. The molecule has 0 saturated heterocycles. The Kier molecular flexibility index (Phi) is 8.18. The molecule has 0 bridgehead atoms. The Balaban J connectivity index is 2.07. The van der Waals surface area contributed by atoms with Crippen LogP contribution in [0.1, 0.15) is 18.1 Å². The quantitative estimate of drug-likeness (QED) is 0.389. The van der Waals surface area contributed by atoms with E-state index in [1.54, 1.807) is 18.2 Å². The van der Waals surface area contributed by atoms with Crippen molar-refractivity contribution in [3.05, 3.63) is 59.7 Å². The molecular formula is C19H21N3O4S. The number of nitrogens with two attached hydrogens (primary N) is 1. The molecule has 2 aromatic carbocycles. The fraction of sp³-hybridized carbons (Fsp3) is 0.211. The van der Waals surface area contributed by atoms with E-state index in [2.05, 4.69) is 10.2 Å². The van der Waals surface area contributed by atoms with Crippen LogP contribution in [0.15, 0.2) is 58.7 Å². The summed E-state index contributed by atoms with van der Waals surface area (Å²) in [4.78, 5) is 10.8. The number of aliphatic carboxylic acids is 1. The number of benzene rings is 2. The van der Waals surface area contributed by atoms with Crippen LogP contribution in [0.25, 0.3) is 0 Å². The molecule has 0 atom stereocenters. The first-order valence-corrected chi connectivity index (χ1v) is 9.22. The number of ether oxygens (including phenoxy) is 2. The summed E-state index contributed by atoms with van der Waals surface area (Å²) in [5, 5.41) is 17.1. The van der Waals surface area contributed by atoms with Gasteiger partial charge in [-0.3, -0.25) is 0 Å². The number of hydrogen-bond acceptors (Lipinski definition) is 6. The molecule has 27 heavy (non-hydrogen) atoms. The minimum absolute atomic E-state index is 0.302. The molecule has 8 heteroatoms. The van der Waals surface area contributed by atoms with Crippen molar-refractivity contribution in [2.45, 2.75) is 12.7 Å². The molecule has 2 aromatic rings. The minimum atomic E-state index is -1.08. The molecule has 142 valence electrons. The predicted octanol–water partition coefficient (Wildman–Crippen LogP) is 3.13. The van der Waals surface area contributed by atoms with Crippen LogP contribution in [-0.2, 0) is 10.5 Å². The topological polar surface area (TPSA) is 107 Å². The maximum Gasteiger partial charge on any atom is 0.341 e. The number of nitrogens with zero attached hydrogens (tertiary/aromatic N) is 2. The van der Waals surface area contributed by atoms with Gasteiger partial charge in [0, 0.05) is 11.3 Å². The van der Waals surface area contributed by atoms with Gasteiger partial charge < -0.3 is 20.3 Å². The van der Waals surface area contributed by atoms with Gasteiger partial charge in [-0.05, 0) is 24.6 Å². The van der Waals surface area contributed by atoms with E-state index in [-0.39, 0.29) is 0 Å². The van der Waals surface area contributed by atoms with E-state index in [0.29, 0.717) is 34.6 Å². The van der Waals surface area contributed by atoms with E-state index in [1.807, 2.05) is 37.3 Å². The van der Waals surface area contributed by atoms with Crippen molar-refractivity contribution < 1.29 is 19.4 Å². The molecule has 0 fully saturated rings. The second-order valence-corrected chi connectivity index (χ2v) is 6.24. The second-order valence-electron chi connectivity index (χ2n) is 5.25. The van der Waals surface area contributed by atoms with E-state index >= 15 is 0 Å². The van der Waals surface area contributed by atoms with Gasteiger partial charge in [0.1, 0.15) is 0 Å². The van der Waals surface area contributed by atoms with E-state index in [4.69, 9.17) is 20.3 Å². The number of para-hydroxylation sites is 1. The number of carboxylic acid groups (broad SMARTS) is 1. The van der Waals surface area contributed by atoms with Gasteiger partial charge in [-0.1, -0.05) is 48.2 Å². The van der Waals surface area contributed by atoms with Crippen LogP contribution < -0.4 is 15.2 Å². The third-order valence-electron chi connectivity index (χ3n) is 3.23.